The molecular weight excluding hydrogens is 172 g/mol. The van der Waals surface area contributed by atoms with Crippen molar-refractivity contribution in [3.05, 3.63) is 34.9 Å². The second-order valence-electron chi connectivity index (χ2n) is 3.49. The molecule has 2 rings (SSSR count). The Morgan fingerprint density at radius 1 is 1.38 bits per heavy atom. The lowest BCUT2D eigenvalue weighted by Gasteiger charge is -2.23. The highest BCUT2D eigenvalue weighted by Crippen LogP contribution is 2.21. The molecule has 3 heteroatoms. The van der Waals surface area contributed by atoms with E-state index in [0.717, 1.165) is 5.56 Å². The molecule has 0 radical (unpaired) electrons. The Hall–Kier alpha value is -0.960. The van der Waals surface area contributed by atoms with Gasteiger partial charge in [0.15, 0.2) is 11.6 Å². The van der Waals surface area contributed by atoms with E-state index in [0.29, 0.717) is 18.5 Å². The largest absolute Gasteiger partial charge is 0.310 e. The van der Waals surface area contributed by atoms with Gasteiger partial charge in [0.1, 0.15) is 0 Å². The third kappa shape index (κ3) is 1.44. The minimum absolute atomic E-state index is 0.226. The van der Waals surface area contributed by atoms with Crippen LogP contribution in [0.5, 0.6) is 0 Å². The van der Waals surface area contributed by atoms with Crippen molar-refractivity contribution >= 4 is 0 Å². The molecule has 70 valence electrons. The average Bonchev–Trinajstić information content (AvgIpc) is 2.12. The highest BCUT2D eigenvalue weighted by molar-refractivity contribution is 5.32. The normalized spacial score (nSPS) is 21.3. The standard InChI is InChI=1S/C10H11F2N/c1-6-4-8-7(5-13-6)2-3-9(11)10(8)12/h2-3,6,13H,4-5H2,1H3. The molecular formula is C10H11F2N. The fraction of sp³-hybridized carbons (Fsp3) is 0.400. The number of benzene rings is 1. The summed E-state index contributed by atoms with van der Waals surface area (Å²) in [5, 5.41) is 3.20. The van der Waals surface area contributed by atoms with E-state index in [1.807, 2.05) is 6.92 Å². The van der Waals surface area contributed by atoms with Crippen LogP contribution in [0.25, 0.3) is 0 Å². The van der Waals surface area contributed by atoms with Gasteiger partial charge in [0, 0.05) is 12.6 Å². The molecule has 1 aromatic rings. The Labute approximate surface area is 75.8 Å². The van der Waals surface area contributed by atoms with Crippen molar-refractivity contribution in [2.75, 3.05) is 0 Å². The van der Waals surface area contributed by atoms with E-state index in [1.165, 1.54) is 6.07 Å². The van der Waals surface area contributed by atoms with Crippen molar-refractivity contribution in [1.29, 1.82) is 0 Å². The first-order valence-electron chi connectivity index (χ1n) is 4.37. The first-order chi connectivity index (χ1) is 6.18. The topological polar surface area (TPSA) is 12.0 Å². The maximum Gasteiger partial charge on any atom is 0.162 e. The lowest BCUT2D eigenvalue weighted by Crippen LogP contribution is -2.33. The summed E-state index contributed by atoms with van der Waals surface area (Å²) in [5.74, 6) is -1.42. The summed E-state index contributed by atoms with van der Waals surface area (Å²) in [6.07, 6.45) is 0.568. The molecule has 0 saturated heterocycles. The summed E-state index contributed by atoms with van der Waals surface area (Å²) in [5.41, 5.74) is 1.41. The Morgan fingerprint density at radius 2 is 2.15 bits per heavy atom. The average molecular weight is 183 g/mol. The minimum Gasteiger partial charge on any atom is -0.310 e. The van der Waals surface area contributed by atoms with Gasteiger partial charge in [0.2, 0.25) is 0 Å². The number of fused-ring (bicyclic) bond motifs is 1. The quantitative estimate of drug-likeness (QED) is 0.648. The molecule has 1 heterocycles. The van der Waals surface area contributed by atoms with Crippen LogP contribution in [-0.2, 0) is 13.0 Å². The van der Waals surface area contributed by atoms with Gasteiger partial charge in [-0.25, -0.2) is 8.78 Å². The molecule has 0 saturated carbocycles. The van der Waals surface area contributed by atoms with Crippen LogP contribution in [0.1, 0.15) is 18.1 Å². The molecule has 1 N–H and O–H groups in total. The molecule has 1 atom stereocenters. The monoisotopic (exact) mass is 183 g/mol. The van der Waals surface area contributed by atoms with Crippen LogP contribution in [0.3, 0.4) is 0 Å². The van der Waals surface area contributed by atoms with E-state index in [2.05, 4.69) is 5.32 Å². The fourth-order valence-electron chi connectivity index (χ4n) is 1.68. The Bertz CT molecular complexity index is 336. The predicted octanol–water partition coefficient (Wildman–Crippen LogP) is 2.00. The van der Waals surface area contributed by atoms with Crippen LogP contribution in [0, 0.1) is 11.6 Å². The van der Waals surface area contributed by atoms with Crippen LogP contribution >= 0.6 is 0 Å². The molecule has 0 bridgehead atoms. The maximum atomic E-state index is 13.3. The van der Waals surface area contributed by atoms with Crippen LogP contribution in [0.4, 0.5) is 8.78 Å². The molecule has 0 fully saturated rings. The van der Waals surface area contributed by atoms with E-state index in [1.54, 1.807) is 6.07 Å². The lowest BCUT2D eigenvalue weighted by molar-refractivity contribution is 0.457. The van der Waals surface area contributed by atoms with Gasteiger partial charge in [-0.3, -0.25) is 0 Å². The zero-order chi connectivity index (χ0) is 9.42. The van der Waals surface area contributed by atoms with Gasteiger partial charge >= 0.3 is 0 Å². The third-order valence-corrected chi connectivity index (χ3v) is 2.44. The van der Waals surface area contributed by atoms with Crippen molar-refractivity contribution in [2.45, 2.75) is 25.9 Å². The number of nitrogens with one attached hydrogen (secondary N) is 1. The SMILES string of the molecule is CC1Cc2c(ccc(F)c2F)CN1. The molecule has 1 nitrogen and oxygen atoms in total. The van der Waals surface area contributed by atoms with Crippen molar-refractivity contribution in [2.24, 2.45) is 0 Å². The molecule has 0 amide bonds. The van der Waals surface area contributed by atoms with Gasteiger partial charge in [-0.1, -0.05) is 6.07 Å². The maximum absolute atomic E-state index is 13.3. The number of hydrogen-bond donors (Lipinski definition) is 1. The van der Waals surface area contributed by atoms with E-state index in [9.17, 15) is 8.78 Å². The molecule has 1 unspecified atom stereocenters. The van der Waals surface area contributed by atoms with Gasteiger partial charge < -0.3 is 5.32 Å². The fourth-order valence-corrected chi connectivity index (χ4v) is 1.68. The number of rotatable bonds is 0. The molecule has 13 heavy (non-hydrogen) atoms. The summed E-state index contributed by atoms with van der Waals surface area (Å²) in [7, 11) is 0. The Kier molecular flexibility index (Phi) is 2.04. The minimum atomic E-state index is -0.743. The molecule has 0 aliphatic carbocycles. The van der Waals surface area contributed by atoms with E-state index in [4.69, 9.17) is 0 Å². The van der Waals surface area contributed by atoms with Crippen molar-refractivity contribution in [1.82, 2.24) is 5.32 Å². The zero-order valence-electron chi connectivity index (χ0n) is 7.40. The van der Waals surface area contributed by atoms with Crippen LogP contribution in [0.15, 0.2) is 12.1 Å². The molecule has 1 aliphatic rings. The van der Waals surface area contributed by atoms with Gasteiger partial charge in [-0.15, -0.1) is 0 Å². The predicted molar refractivity (Wildman–Crippen MR) is 46.4 cm³/mol. The molecule has 1 aliphatic heterocycles. The van der Waals surface area contributed by atoms with Gasteiger partial charge in [0.05, 0.1) is 0 Å². The van der Waals surface area contributed by atoms with E-state index in [-0.39, 0.29) is 6.04 Å². The lowest BCUT2D eigenvalue weighted by atomic mass is 9.96. The van der Waals surface area contributed by atoms with Gasteiger partial charge in [-0.05, 0) is 30.5 Å². The number of halogens is 2. The van der Waals surface area contributed by atoms with Crippen molar-refractivity contribution in [3.8, 4) is 0 Å². The summed E-state index contributed by atoms with van der Waals surface area (Å²) < 4.78 is 26.1. The third-order valence-electron chi connectivity index (χ3n) is 2.44. The first-order valence-corrected chi connectivity index (χ1v) is 4.37. The molecule has 0 aromatic heterocycles. The Balaban J connectivity index is 2.48. The second kappa shape index (κ2) is 3.07. The van der Waals surface area contributed by atoms with Crippen LogP contribution < -0.4 is 5.32 Å². The highest BCUT2D eigenvalue weighted by atomic mass is 19.2. The zero-order valence-corrected chi connectivity index (χ0v) is 7.40. The molecule has 0 spiro atoms. The summed E-state index contributed by atoms with van der Waals surface area (Å²) in [6.45, 7) is 2.60. The van der Waals surface area contributed by atoms with Crippen LogP contribution in [0.2, 0.25) is 0 Å². The first kappa shape index (κ1) is 8.63. The second-order valence-corrected chi connectivity index (χ2v) is 3.49. The molecule has 1 aromatic carbocycles. The van der Waals surface area contributed by atoms with E-state index >= 15 is 0 Å². The van der Waals surface area contributed by atoms with Gasteiger partial charge in [-0.2, -0.15) is 0 Å². The van der Waals surface area contributed by atoms with E-state index < -0.39 is 11.6 Å². The summed E-state index contributed by atoms with van der Waals surface area (Å²) in [6, 6.07) is 3.06. The smallest absolute Gasteiger partial charge is 0.162 e. The highest BCUT2D eigenvalue weighted by Gasteiger charge is 2.19. The summed E-state index contributed by atoms with van der Waals surface area (Å²) >= 11 is 0. The van der Waals surface area contributed by atoms with Crippen molar-refractivity contribution in [3.63, 3.8) is 0 Å². The van der Waals surface area contributed by atoms with Crippen LogP contribution in [-0.4, -0.2) is 6.04 Å². The number of hydrogen-bond acceptors (Lipinski definition) is 1. The Morgan fingerprint density at radius 3 is 2.92 bits per heavy atom. The summed E-state index contributed by atoms with van der Waals surface area (Å²) in [4.78, 5) is 0. The van der Waals surface area contributed by atoms with Gasteiger partial charge in [0.25, 0.3) is 0 Å². The van der Waals surface area contributed by atoms with Crippen molar-refractivity contribution < 1.29 is 8.78 Å².